The van der Waals surface area contributed by atoms with Crippen LogP contribution in [0.3, 0.4) is 0 Å². The van der Waals surface area contributed by atoms with E-state index in [9.17, 15) is 14.4 Å². The van der Waals surface area contributed by atoms with Crippen LogP contribution in [0.15, 0.2) is 4.99 Å². The van der Waals surface area contributed by atoms with E-state index in [1.54, 1.807) is 32.8 Å². The van der Waals surface area contributed by atoms with E-state index in [4.69, 9.17) is 39.8 Å². The summed E-state index contributed by atoms with van der Waals surface area (Å²) < 4.78 is 38.8. The molecule has 12 heteroatoms. The third-order valence-corrected chi connectivity index (χ3v) is 13.2. The number of likely N-dealkylation sites (N-methyl/N-ethyl adjacent to an activating group) is 1. The van der Waals surface area contributed by atoms with Gasteiger partial charge in [0.05, 0.1) is 34.9 Å². The first-order valence-corrected chi connectivity index (χ1v) is 19.3. The minimum atomic E-state index is -1.62. The van der Waals surface area contributed by atoms with Crippen LogP contribution in [0.4, 0.5) is 4.79 Å². The van der Waals surface area contributed by atoms with Gasteiger partial charge in [-0.1, -0.05) is 33.6 Å². The molecule has 300 valence electrons. The Morgan fingerprint density at radius 1 is 1.00 bits per heavy atom. The van der Waals surface area contributed by atoms with Crippen molar-refractivity contribution in [1.82, 2.24) is 9.80 Å². The zero-order valence-corrected chi connectivity index (χ0v) is 35.2. The second kappa shape index (κ2) is 15.2. The number of rotatable bonds is 7. The molecular formula is C41H67N3O9. The molecule has 4 aliphatic heterocycles. The maximum Gasteiger partial charge on any atom is 0.411 e. The average molecular weight is 746 g/mol. The molecular weight excluding hydrogens is 678 g/mol. The highest BCUT2D eigenvalue weighted by atomic mass is 16.7. The van der Waals surface area contributed by atoms with E-state index >= 15 is 0 Å². The quantitative estimate of drug-likeness (QED) is 0.183. The predicted octanol–water partition coefficient (Wildman–Crippen LogP) is 5.68. The molecule has 0 unspecified atom stereocenters. The first-order valence-electron chi connectivity index (χ1n) is 19.3. The number of aliphatic imine (C=N–C) groups is 1. The lowest BCUT2D eigenvalue weighted by atomic mass is 9.71. The van der Waals surface area contributed by atoms with Crippen LogP contribution in [-0.2, 0) is 38.0 Å². The van der Waals surface area contributed by atoms with Gasteiger partial charge in [-0.15, -0.1) is 6.42 Å². The summed E-state index contributed by atoms with van der Waals surface area (Å²) in [5.41, 5.74) is -4.78. The molecule has 3 saturated heterocycles. The van der Waals surface area contributed by atoms with Crippen LogP contribution in [0.5, 0.6) is 0 Å². The number of carbonyl (C=O) groups excluding carboxylic acids is 3. The summed E-state index contributed by atoms with van der Waals surface area (Å²) in [5.74, 6) is 0.0146. The van der Waals surface area contributed by atoms with Gasteiger partial charge in [-0.25, -0.2) is 4.79 Å². The lowest BCUT2D eigenvalue weighted by molar-refractivity contribution is -0.300. The largest absolute Gasteiger partial charge is 0.457 e. The molecule has 53 heavy (non-hydrogen) atoms. The number of nitrogens with zero attached hydrogens (tertiary/aromatic N) is 3. The number of fused-ring (bicyclic) bond motifs is 1. The predicted molar refractivity (Wildman–Crippen MR) is 202 cm³/mol. The molecule has 0 spiro atoms. The number of carbonyl (C=O) groups is 3. The summed E-state index contributed by atoms with van der Waals surface area (Å²) in [5, 5.41) is 0. The number of ether oxygens (including phenoxy) is 6. The third kappa shape index (κ3) is 7.42. The van der Waals surface area contributed by atoms with Gasteiger partial charge in [0, 0.05) is 30.7 Å². The van der Waals surface area contributed by atoms with E-state index in [0.29, 0.717) is 12.8 Å². The van der Waals surface area contributed by atoms with Crippen LogP contribution in [0.2, 0.25) is 0 Å². The number of amides is 1. The first-order chi connectivity index (χ1) is 24.4. The van der Waals surface area contributed by atoms with Gasteiger partial charge in [-0.2, -0.15) is 0 Å². The van der Waals surface area contributed by atoms with E-state index < -0.39 is 82.1 Å². The molecule has 4 rings (SSSR count). The van der Waals surface area contributed by atoms with Gasteiger partial charge < -0.3 is 33.3 Å². The van der Waals surface area contributed by atoms with Gasteiger partial charge in [-0.05, 0) is 102 Å². The van der Waals surface area contributed by atoms with Crippen LogP contribution in [0.25, 0.3) is 0 Å². The highest BCUT2D eigenvalue weighted by Crippen LogP contribution is 2.50. The summed E-state index contributed by atoms with van der Waals surface area (Å²) in [6.45, 7) is 24.7. The van der Waals surface area contributed by atoms with Gasteiger partial charge in [0.25, 0.3) is 0 Å². The fraction of sp³-hybridized carbons (Fsp3) is 0.854. The highest BCUT2D eigenvalue weighted by Gasteiger charge is 2.66. The minimum Gasteiger partial charge on any atom is -0.457 e. The van der Waals surface area contributed by atoms with Crippen LogP contribution in [0.1, 0.15) is 109 Å². The molecule has 0 saturated carbocycles. The van der Waals surface area contributed by atoms with Crippen molar-refractivity contribution in [1.29, 1.82) is 0 Å². The number of Topliss-reactive ketones (excluding diaryl/α,β-unsaturated/α-hetero) is 1. The average Bonchev–Trinajstić information content (AvgIpc) is 3.32. The third-order valence-electron chi connectivity index (χ3n) is 13.2. The number of cyclic esters (lactones) is 1. The molecule has 0 aromatic rings. The number of methoxy groups -OCH3 is 1. The molecule has 0 aromatic heterocycles. The molecule has 0 radical (unpaired) electrons. The Morgan fingerprint density at radius 2 is 1.62 bits per heavy atom. The Bertz CT molecular complexity index is 1470. The van der Waals surface area contributed by atoms with Crippen molar-refractivity contribution in [2.75, 3.05) is 27.8 Å². The van der Waals surface area contributed by atoms with Gasteiger partial charge in [-0.3, -0.25) is 19.5 Å². The van der Waals surface area contributed by atoms with Gasteiger partial charge in [0.2, 0.25) is 0 Å². The maximum atomic E-state index is 14.8. The summed E-state index contributed by atoms with van der Waals surface area (Å²) in [6.07, 6.45) is 3.41. The van der Waals surface area contributed by atoms with E-state index in [-0.39, 0.29) is 30.6 Å². The van der Waals surface area contributed by atoms with Crippen LogP contribution < -0.4 is 0 Å². The summed E-state index contributed by atoms with van der Waals surface area (Å²) in [6, 6.07) is -0.591. The number of ketones is 1. The molecule has 4 aliphatic rings. The number of terminal acetylenes is 1. The van der Waals surface area contributed by atoms with Crippen molar-refractivity contribution in [2.45, 2.75) is 174 Å². The number of hydrogen-bond acceptors (Lipinski definition) is 11. The van der Waals surface area contributed by atoms with E-state index in [1.807, 2.05) is 69.5 Å². The van der Waals surface area contributed by atoms with E-state index in [0.717, 1.165) is 12.1 Å². The van der Waals surface area contributed by atoms with Crippen molar-refractivity contribution >= 4 is 23.6 Å². The Morgan fingerprint density at radius 3 is 2.17 bits per heavy atom. The Balaban J connectivity index is 1.99. The van der Waals surface area contributed by atoms with Crippen LogP contribution in [0, 0.1) is 35.5 Å². The standard InChI is InChI=1S/C41H67N3O9/c1-18-20-49-40(13)22-23(3)29-25(5)31-41(14,53-36(47)44(31)39(11,12)38(9,10)42-29)28(19-2)51-35(46)37(7,8)32(45)26(6)33(40)52-34-30(48-17)27(43(15)16)21-24(4)50-34/h1,23-28,30-31,33-34H,19-22H2,2-17H3/t23-,24-,25+,26+,27+,28-,30-,31-,33-,34+,40+,41-/m1/s1. The summed E-state index contributed by atoms with van der Waals surface area (Å²) in [7, 11) is 5.61. The number of esters is 1. The van der Waals surface area contributed by atoms with E-state index in [1.165, 1.54) is 0 Å². The van der Waals surface area contributed by atoms with Crippen molar-refractivity contribution in [3.63, 3.8) is 0 Å². The molecule has 0 aliphatic carbocycles. The molecule has 0 N–H and O–H groups in total. The number of hydrogen-bond donors (Lipinski definition) is 0. The second-order valence-electron chi connectivity index (χ2n) is 18.1. The smallest absolute Gasteiger partial charge is 0.411 e. The SMILES string of the molecule is C#CCO[C@@]1(C)C[C@@H](C)C2=NC(C)(C)C(C)(C)N3C(=O)O[C@](C)([C@@H](CC)OC(=O)C(C)(C)C(=O)[C@H](C)[C@H]1O[C@@H]1O[C@H](C)C[C@H](N(C)C)[C@H]1OC)[C@H]3[C@H]2C. The monoisotopic (exact) mass is 745 g/mol. The molecule has 3 fully saturated rings. The Hall–Kier alpha value is -2.56. The van der Waals surface area contributed by atoms with Crippen molar-refractivity contribution in [3.8, 4) is 12.3 Å². The van der Waals surface area contributed by atoms with Gasteiger partial charge >= 0.3 is 12.1 Å². The van der Waals surface area contributed by atoms with Gasteiger partial charge in [0.1, 0.15) is 24.2 Å². The topological polar surface area (TPSA) is 125 Å². The fourth-order valence-electron chi connectivity index (χ4n) is 9.50. The Kier molecular flexibility index (Phi) is 12.4. The zero-order valence-electron chi connectivity index (χ0n) is 35.2. The molecule has 1 amide bonds. The first kappa shape index (κ1) is 43.2. The molecule has 0 aromatic carbocycles. The van der Waals surface area contributed by atoms with E-state index in [2.05, 4.69) is 24.7 Å². The van der Waals surface area contributed by atoms with Gasteiger partial charge in [0.15, 0.2) is 17.7 Å². The Labute approximate surface area is 318 Å². The van der Waals surface area contributed by atoms with Crippen molar-refractivity contribution < 1.29 is 42.8 Å². The molecule has 2 bridgehead atoms. The molecule has 4 heterocycles. The second-order valence-corrected chi connectivity index (χ2v) is 18.1. The lowest BCUT2D eigenvalue weighted by Crippen LogP contribution is -2.64. The minimum absolute atomic E-state index is 0.0344. The van der Waals surface area contributed by atoms with Crippen LogP contribution in [-0.4, -0.2) is 126 Å². The molecule has 12 nitrogen and oxygen atoms in total. The van der Waals surface area contributed by atoms with Crippen molar-refractivity contribution in [3.05, 3.63) is 0 Å². The maximum absolute atomic E-state index is 14.8. The lowest BCUT2D eigenvalue weighted by Gasteiger charge is -2.49. The summed E-state index contributed by atoms with van der Waals surface area (Å²) in [4.78, 5) is 52.6. The van der Waals surface area contributed by atoms with Crippen molar-refractivity contribution in [2.24, 2.45) is 28.2 Å². The van der Waals surface area contributed by atoms with Crippen LogP contribution >= 0.6 is 0 Å². The highest BCUT2D eigenvalue weighted by molar-refractivity contribution is 6.04. The summed E-state index contributed by atoms with van der Waals surface area (Å²) >= 11 is 0. The fourth-order valence-corrected chi connectivity index (χ4v) is 9.50. The normalized spacial score (nSPS) is 41.5. The zero-order chi connectivity index (χ0) is 40.2. The molecule has 12 atom stereocenters.